The van der Waals surface area contributed by atoms with E-state index in [0.717, 1.165) is 0 Å². The zero-order valence-corrected chi connectivity index (χ0v) is 10.7. The van der Waals surface area contributed by atoms with Crippen molar-refractivity contribution in [2.75, 3.05) is 0 Å². The second-order valence-electron chi connectivity index (χ2n) is 4.51. The normalized spacial score (nSPS) is 10.7. The smallest absolute Gasteiger partial charge is 0.339 e. The first-order valence-corrected chi connectivity index (χ1v) is 6.16. The number of hydrogen-bond donors (Lipinski definition) is 2. The number of hydrogen-bond acceptors (Lipinski definition) is 4. The maximum atomic E-state index is 12.0. The first-order valence-electron chi connectivity index (χ1n) is 6.16. The molecule has 104 valence electrons. The lowest BCUT2D eigenvalue weighted by Gasteiger charge is -2.05. The zero-order valence-electron chi connectivity index (χ0n) is 10.7. The fourth-order valence-corrected chi connectivity index (χ4v) is 2.11. The predicted octanol–water partition coefficient (Wildman–Crippen LogP) is 2.86. The molecule has 0 spiro atoms. The van der Waals surface area contributed by atoms with Gasteiger partial charge in [0.1, 0.15) is 22.7 Å². The second kappa shape index (κ2) is 4.79. The van der Waals surface area contributed by atoms with E-state index in [4.69, 9.17) is 9.52 Å². The lowest BCUT2D eigenvalue weighted by molar-refractivity contribution is 0.0694. The molecule has 3 aromatic rings. The van der Waals surface area contributed by atoms with Crippen molar-refractivity contribution in [2.24, 2.45) is 0 Å². The molecule has 0 aliphatic carbocycles. The van der Waals surface area contributed by atoms with Gasteiger partial charge in [-0.05, 0) is 30.3 Å². The van der Waals surface area contributed by atoms with Crippen LogP contribution in [0.3, 0.4) is 0 Å². The molecule has 1 aromatic heterocycles. The van der Waals surface area contributed by atoms with E-state index >= 15 is 0 Å². The highest BCUT2D eigenvalue weighted by Gasteiger charge is 2.13. The largest absolute Gasteiger partial charge is 0.507 e. The summed E-state index contributed by atoms with van der Waals surface area (Å²) >= 11 is 0. The molecule has 0 fully saturated rings. The molecule has 0 radical (unpaired) electrons. The highest BCUT2D eigenvalue weighted by atomic mass is 16.4. The fourth-order valence-electron chi connectivity index (χ4n) is 2.11. The molecule has 0 aliphatic rings. The van der Waals surface area contributed by atoms with E-state index in [1.54, 1.807) is 24.3 Å². The minimum atomic E-state index is -1.25. The quantitative estimate of drug-likeness (QED) is 0.754. The van der Waals surface area contributed by atoms with Crippen LogP contribution in [0.15, 0.2) is 57.7 Å². The summed E-state index contributed by atoms with van der Waals surface area (Å²) in [6, 6.07) is 12.1. The number of rotatable bonds is 2. The van der Waals surface area contributed by atoms with Gasteiger partial charge in [-0.2, -0.15) is 0 Å². The van der Waals surface area contributed by atoms with Gasteiger partial charge >= 0.3 is 5.97 Å². The Balaban J connectivity index is 2.23. The van der Waals surface area contributed by atoms with Crippen LogP contribution < -0.4 is 5.43 Å². The summed E-state index contributed by atoms with van der Waals surface area (Å²) in [5.74, 6) is -1.34. The van der Waals surface area contributed by atoms with E-state index in [9.17, 15) is 14.7 Å². The van der Waals surface area contributed by atoms with Crippen molar-refractivity contribution in [1.29, 1.82) is 0 Å². The molecule has 0 saturated carbocycles. The van der Waals surface area contributed by atoms with Gasteiger partial charge in [-0.3, -0.25) is 4.79 Å². The van der Waals surface area contributed by atoms with Crippen molar-refractivity contribution >= 4 is 16.9 Å². The van der Waals surface area contributed by atoms with E-state index in [1.807, 2.05) is 0 Å². The van der Waals surface area contributed by atoms with E-state index in [-0.39, 0.29) is 22.5 Å². The monoisotopic (exact) mass is 282 g/mol. The molecule has 2 aromatic carbocycles. The maximum absolute atomic E-state index is 12.0. The first kappa shape index (κ1) is 12.9. The van der Waals surface area contributed by atoms with Gasteiger partial charge in [-0.1, -0.05) is 12.1 Å². The van der Waals surface area contributed by atoms with Crippen LogP contribution in [0.25, 0.3) is 22.3 Å². The number of carboxylic acids is 1. The summed E-state index contributed by atoms with van der Waals surface area (Å²) in [6.45, 7) is 0. The number of para-hydroxylation sites is 1. The Hall–Kier alpha value is -3.08. The first-order chi connectivity index (χ1) is 10.1. The number of phenols is 1. The molecule has 0 amide bonds. The Kier molecular flexibility index (Phi) is 2.95. The van der Waals surface area contributed by atoms with Gasteiger partial charge in [0, 0.05) is 11.6 Å². The molecule has 5 nitrogen and oxygen atoms in total. The Morgan fingerprint density at radius 2 is 1.81 bits per heavy atom. The van der Waals surface area contributed by atoms with Crippen LogP contribution in [0.2, 0.25) is 0 Å². The molecular formula is C16H10O5. The molecule has 0 saturated heterocycles. The van der Waals surface area contributed by atoms with Crippen LogP contribution in [0, 0.1) is 0 Å². The molecule has 0 atom stereocenters. The molecule has 0 aliphatic heterocycles. The van der Waals surface area contributed by atoms with Gasteiger partial charge in [0.05, 0.1) is 5.39 Å². The molecule has 0 bridgehead atoms. The zero-order chi connectivity index (χ0) is 15.0. The van der Waals surface area contributed by atoms with E-state index in [0.29, 0.717) is 16.5 Å². The number of carbonyl (C=O) groups is 1. The van der Waals surface area contributed by atoms with Crippen LogP contribution in [0.5, 0.6) is 5.75 Å². The van der Waals surface area contributed by atoms with E-state index < -0.39 is 5.97 Å². The van der Waals surface area contributed by atoms with Crippen LogP contribution in [0.4, 0.5) is 0 Å². The SMILES string of the molecule is O=C(O)c1cc(-c2cc(=O)c3ccccc3o2)ccc1O. The average molecular weight is 282 g/mol. The van der Waals surface area contributed by atoms with Crippen molar-refractivity contribution in [3.8, 4) is 17.1 Å². The third-order valence-electron chi connectivity index (χ3n) is 3.15. The Morgan fingerprint density at radius 3 is 2.57 bits per heavy atom. The van der Waals surface area contributed by atoms with Gasteiger partial charge in [0.2, 0.25) is 0 Å². The lowest BCUT2D eigenvalue weighted by atomic mass is 10.1. The van der Waals surface area contributed by atoms with Crippen LogP contribution in [-0.2, 0) is 0 Å². The molecule has 1 heterocycles. The Labute approximate surface area is 118 Å². The summed E-state index contributed by atoms with van der Waals surface area (Å²) in [5.41, 5.74) is 0.373. The van der Waals surface area contributed by atoms with Crippen molar-refractivity contribution in [3.05, 3.63) is 64.3 Å². The molecular weight excluding hydrogens is 272 g/mol. The summed E-state index contributed by atoms with van der Waals surface area (Å²) in [5, 5.41) is 19.0. The second-order valence-corrected chi connectivity index (χ2v) is 4.51. The third-order valence-corrected chi connectivity index (χ3v) is 3.15. The van der Waals surface area contributed by atoms with E-state index in [1.165, 1.54) is 24.3 Å². The minimum absolute atomic E-state index is 0.211. The summed E-state index contributed by atoms with van der Waals surface area (Å²) in [6.07, 6.45) is 0. The predicted molar refractivity (Wildman–Crippen MR) is 76.5 cm³/mol. The van der Waals surface area contributed by atoms with Crippen molar-refractivity contribution < 1.29 is 19.4 Å². The fraction of sp³-hybridized carbons (Fsp3) is 0. The van der Waals surface area contributed by atoms with Crippen molar-refractivity contribution in [1.82, 2.24) is 0 Å². The number of aromatic carboxylic acids is 1. The molecule has 21 heavy (non-hydrogen) atoms. The molecule has 5 heteroatoms. The van der Waals surface area contributed by atoms with Gasteiger partial charge in [0.15, 0.2) is 5.43 Å². The number of aromatic hydroxyl groups is 1. The number of benzene rings is 2. The summed E-state index contributed by atoms with van der Waals surface area (Å²) in [4.78, 5) is 23.1. The standard InChI is InChI=1S/C16H10O5/c17-12-6-5-9(7-11(12)16(19)20)15-8-13(18)10-3-1-2-4-14(10)21-15/h1-8,17H,(H,19,20). The van der Waals surface area contributed by atoms with Crippen molar-refractivity contribution in [3.63, 3.8) is 0 Å². The summed E-state index contributed by atoms with van der Waals surface area (Å²) < 4.78 is 5.63. The summed E-state index contributed by atoms with van der Waals surface area (Å²) in [7, 11) is 0. The lowest BCUT2D eigenvalue weighted by Crippen LogP contribution is -2.01. The highest BCUT2D eigenvalue weighted by Crippen LogP contribution is 2.27. The van der Waals surface area contributed by atoms with Gasteiger partial charge < -0.3 is 14.6 Å². The number of fused-ring (bicyclic) bond motifs is 1. The Bertz CT molecular complexity index is 908. The molecule has 0 unspecified atom stereocenters. The molecule has 3 rings (SSSR count). The number of carboxylic acid groups (broad SMARTS) is 1. The van der Waals surface area contributed by atoms with Crippen LogP contribution in [-0.4, -0.2) is 16.2 Å². The highest BCUT2D eigenvalue weighted by molar-refractivity contribution is 5.92. The van der Waals surface area contributed by atoms with E-state index in [2.05, 4.69) is 0 Å². The van der Waals surface area contributed by atoms with Gasteiger partial charge in [-0.25, -0.2) is 4.79 Å². The van der Waals surface area contributed by atoms with Crippen LogP contribution >= 0.6 is 0 Å². The maximum Gasteiger partial charge on any atom is 0.339 e. The Morgan fingerprint density at radius 1 is 1.05 bits per heavy atom. The topological polar surface area (TPSA) is 87.7 Å². The molecule has 2 N–H and O–H groups in total. The van der Waals surface area contributed by atoms with Crippen molar-refractivity contribution in [2.45, 2.75) is 0 Å². The van der Waals surface area contributed by atoms with Gasteiger partial charge in [0.25, 0.3) is 0 Å². The minimum Gasteiger partial charge on any atom is -0.507 e. The van der Waals surface area contributed by atoms with Crippen LogP contribution in [0.1, 0.15) is 10.4 Å². The third kappa shape index (κ3) is 2.25. The average Bonchev–Trinajstić information content (AvgIpc) is 2.47. The van der Waals surface area contributed by atoms with Gasteiger partial charge in [-0.15, -0.1) is 0 Å².